The molecule has 2 fully saturated rings. The van der Waals surface area contributed by atoms with Crippen molar-refractivity contribution in [2.75, 3.05) is 5.01 Å². The average molecular weight is 348 g/mol. The summed E-state index contributed by atoms with van der Waals surface area (Å²) in [5.41, 5.74) is 4.54. The van der Waals surface area contributed by atoms with Crippen LogP contribution in [0.5, 0.6) is 0 Å². The molecule has 0 atom stereocenters. The summed E-state index contributed by atoms with van der Waals surface area (Å²) in [6, 6.07) is 6.44. The molecule has 0 radical (unpaired) electrons. The lowest BCUT2D eigenvalue weighted by atomic mass is 9.70. The van der Waals surface area contributed by atoms with Crippen LogP contribution in [0.15, 0.2) is 24.3 Å². The van der Waals surface area contributed by atoms with Gasteiger partial charge in [-0.05, 0) is 61.4 Å². The molecule has 1 aromatic carbocycles. The van der Waals surface area contributed by atoms with Gasteiger partial charge in [0.1, 0.15) is 5.66 Å². The zero-order valence-corrected chi connectivity index (χ0v) is 15.2. The van der Waals surface area contributed by atoms with Crippen LogP contribution in [0, 0.1) is 21.4 Å². The molecule has 7 heteroatoms. The Morgan fingerprint density at radius 1 is 1.25 bits per heavy atom. The van der Waals surface area contributed by atoms with Crippen molar-refractivity contribution in [2.45, 2.75) is 52.1 Å². The number of nitrogens with zero attached hydrogens (tertiary/aromatic N) is 2. The van der Waals surface area contributed by atoms with Crippen molar-refractivity contribution < 1.29 is 4.92 Å². The van der Waals surface area contributed by atoms with E-state index in [0.29, 0.717) is 16.4 Å². The molecule has 0 bridgehead atoms. The van der Waals surface area contributed by atoms with Gasteiger partial charge in [0, 0.05) is 12.1 Å². The van der Waals surface area contributed by atoms with E-state index >= 15 is 0 Å². The number of anilines is 1. The van der Waals surface area contributed by atoms with Crippen LogP contribution >= 0.6 is 12.2 Å². The lowest BCUT2D eigenvalue weighted by Crippen LogP contribution is -2.54. The molecular formula is C17H24N4O2S. The largest absolute Gasteiger partial charge is 0.342 e. The number of hydrogen-bond donors (Lipinski definition) is 2. The van der Waals surface area contributed by atoms with Crippen molar-refractivity contribution in [3.8, 4) is 0 Å². The number of nitro benzene ring substituents is 1. The quantitative estimate of drug-likeness (QED) is 0.482. The lowest BCUT2D eigenvalue weighted by molar-refractivity contribution is -0.384. The molecule has 1 aromatic rings. The van der Waals surface area contributed by atoms with Crippen molar-refractivity contribution in [1.29, 1.82) is 0 Å². The Balaban J connectivity index is 1.71. The second-order valence-corrected chi connectivity index (χ2v) is 8.26. The number of hydrogen-bond acceptors (Lipinski definition) is 4. The van der Waals surface area contributed by atoms with Crippen LogP contribution in [-0.2, 0) is 0 Å². The van der Waals surface area contributed by atoms with E-state index in [0.717, 1.165) is 31.4 Å². The molecular weight excluding hydrogens is 324 g/mol. The standard InChI is InChI=1S/C17H24N4O2S/c1-16(2,3)12-8-10-17(11-9-12)18-15(24)20(19-17)13-4-6-14(7-5-13)21(22)23/h4-7,12,19H,8-11H2,1-3H3,(H,18,24). The fraction of sp³-hybridized carbons (Fsp3) is 0.588. The van der Waals surface area contributed by atoms with Gasteiger partial charge < -0.3 is 5.32 Å². The number of nitro groups is 1. The molecule has 6 nitrogen and oxygen atoms in total. The molecule has 0 aromatic heterocycles. The van der Waals surface area contributed by atoms with Gasteiger partial charge in [-0.15, -0.1) is 0 Å². The topological polar surface area (TPSA) is 70.4 Å². The van der Waals surface area contributed by atoms with Gasteiger partial charge >= 0.3 is 0 Å². The summed E-state index contributed by atoms with van der Waals surface area (Å²) in [7, 11) is 0. The fourth-order valence-corrected chi connectivity index (χ4v) is 4.02. The smallest absolute Gasteiger partial charge is 0.269 e. The highest BCUT2D eigenvalue weighted by Gasteiger charge is 2.44. The molecule has 130 valence electrons. The number of non-ortho nitro benzene ring substituents is 1. The predicted molar refractivity (Wildman–Crippen MR) is 98.6 cm³/mol. The minimum Gasteiger partial charge on any atom is -0.342 e. The molecule has 0 unspecified atom stereocenters. The Kier molecular flexibility index (Phi) is 4.25. The van der Waals surface area contributed by atoms with E-state index in [4.69, 9.17) is 12.2 Å². The zero-order valence-electron chi connectivity index (χ0n) is 14.3. The van der Waals surface area contributed by atoms with E-state index in [1.165, 1.54) is 12.1 Å². The van der Waals surface area contributed by atoms with Crippen molar-refractivity contribution in [1.82, 2.24) is 10.7 Å². The number of hydrazine groups is 1. The van der Waals surface area contributed by atoms with Crippen LogP contribution in [0.3, 0.4) is 0 Å². The first-order valence-electron chi connectivity index (χ1n) is 8.35. The van der Waals surface area contributed by atoms with E-state index in [2.05, 4.69) is 31.5 Å². The van der Waals surface area contributed by atoms with Crippen LogP contribution in [0.4, 0.5) is 11.4 Å². The average Bonchev–Trinajstić information content (AvgIpc) is 2.83. The summed E-state index contributed by atoms with van der Waals surface area (Å²) in [4.78, 5) is 10.4. The molecule has 1 saturated heterocycles. The van der Waals surface area contributed by atoms with E-state index in [-0.39, 0.29) is 11.4 Å². The van der Waals surface area contributed by atoms with Gasteiger partial charge in [0.25, 0.3) is 5.69 Å². The van der Waals surface area contributed by atoms with Crippen LogP contribution < -0.4 is 15.8 Å². The lowest BCUT2D eigenvalue weighted by Gasteiger charge is -2.42. The first kappa shape index (κ1) is 17.1. The first-order valence-corrected chi connectivity index (χ1v) is 8.76. The van der Waals surface area contributed by atoms with Gasteiger partial charge in [-0.3, -0.25) is 15.1 Å². The maximum Gasteiger partial charge on any atom is 0.269 e. The molecule has 1 saturated carbocycles. The highest BCUT2D eigenvalue weighted by molar-refractivity contribution is 7.80. The highest BCUT2D eigenvalue weighted by Crippen LogP contribution is 2.42. The van der Waals surface area contributed by atoms with E-state index in [1.54, 1.807) is 12.1 Å². The van der Waals surface area contributed by atoms with Gasteiger partial charge in [0.15, 0.2) is 5.11 Å². The normalized spacial score (nSPS) is 27.4. The van der Waals surface area contributed by atoms with Gasteiger partial charge in [0.2, 0.25) is 0 Å². The van der Waals surface area contributed by atoms with Crippen LogP contribution in [0.1, 0.15) is 46.5 Å². The summed E-state index contributed by atoms with van der Waals surface area (Å²) in [5.74, 6) is 0.716. The van der Waals surface area contributed by atoms with Crippen molar-refractivity contribution in [2.24, 2.45) is 11.3 Å². The van der Waals surface area contributed by atoms with E-state index < -0.39 is 4.92 Å². The molecule has 3 rings (SSSR count). The number of rotatable bonds is 2. The number of nitrogens with one attached hydrogen (secondary N) is 2. The zero-order chi connectivity index (χ0) is 17.5. The minimum absolute atomic E-state index is 0.0808. The first-order chi connectivity index (χ1) is 11.2. The second-order valence-electron chi connectivity index (χ2n) is 7.87. The second kappa shape index (κ2) is 5.97. The van der Waals surface area contributed by atoms with Crippen LogP contribution in [0.2, 0.25) is 0 Å². The summed E-state index contributed by atoms with van der Waals surface area (Å²) >= 11 is 5.48. The molecule has 1 spiro atoms. The summed E-state index contributed by atoms with van der Waals surface area (Å²) in [6.45, 7) is 6.91. The van der Waals surface area contributed by atoms with Crippen molar-refractivity contribution in [3.05, 3.63) is 34.4 Å². The Bertz CT molecular complexity index is 646. The third-order valence-corrected chi connectivity index (χ3v) is 5.54. The predicted octanol–water partition coefficient (Wildman–Crippen LogP) is 3.73. The van der Waals surface area contributed by atoms with Gasteiger partial charge in [-0.25, -0.2) is 5.43 Å². The van der Waals surface area contributed by atoms with Crippen LogP contribution in [0.25, 0.3) is 0 Å². The molecule has 2 aliphatic rings. The molecule has 1 aliphatic carbocycles. The Morgan fingerprint density at radius 3 is 2.33 bits per heavy atom. The SMILES string of the molecule is CC(C)(C)C1CCC2(CC1)NC(=S)N(c1ccc([N+](=O)[O-])cc1)N2. The minimum atomic E-state index is -0.396. The van der Waals surface area contributed by atoms with Crippen LogP contribution in [-0.4, -0.2) is 15.7 Å². The molecule has 24 heavy (non-hydrogen) atoms. The molecule has 1 aliphatic heterocycles. The Hall–Kier alpha value is -1.73. The number of thiocarbonyl (C=S) groups is 1. The van der Waals surface area contributed by atoms with Crippen molar-refractivity contribution in [3.63, 3.8) is 0 Å². The maximum absolute atomic E-state index is 10.8. The molecule has 1 heterocycles. The van der Waals surface area contributed by atoms with E-state index in [9.17, 15) is 10.1 Å². The highest BCUT2D eigenvalue weighted by atomic mass is 32.1. The van der Waals surface area contributed by atoms with Gasteiger partial charge in [-0.2, -0.15) is 0 Å². The summed E-state index contributed by atoms with van der Waals surface area (Å²) in [5, 5.41) is 16.7. The molecule has 2 N–H and O–H groups in total. The number of benzene rings is 1. The third kappa shape index (κ3) is 3.23. The third-order valence-electron chi connectivity index (χ3n) is 5.26. The van der Waals surface area contributed by atoms with Gasteiger partial charge in [0.05, 0.1) is 10.6 Å². The Morgan fingerprint density at radius 2 is 1.83 bits per heavy atom. The monoisotopic (exact) mass is 348 g/mol. The van der Waals surface area contributed by atoms with Gasteiger partial charge in [-0.1, -0.05) is 20.8 Å². The Labute approximate surface area is 147 Å². The van der Waals surface area contributed by atoms with E-state index in [1.807, 2.05) is 5.01 Å². The summed E-state index contributed by atoms with van der Waals surface area (Å²) < 4.78 is 0. The maximum atomic E-state index is 10.8. The fourth-order valence-electron chi connectivity index (χ4n) is 3.67. The summed E-state index contributed by atoms with van der Waals surface area (Å²) in [6.07, 6.45) is 4.33. The van der Waals surface area contributed by atoms with Crippen molar-refractivity contribution >= 4 is 28.7 Å². The molecule has 0 amide bonds.